The van der Waals surface area contributed by atoms with E-state index in [0.29, 0.717) is 10.8 Å². The number of rotatable bonds is 2. The smallest absolute Gasteiger partial charge is 0.144 e. The van der Waals surface area contributed by atoms with Gasteiger partial charge >= 0.3 is 0 Å². The minimum absolute atomic E-state index is 0.518. The average molecular weight is 223 g/mol. The van der Waals surface area contributed by atoms with Crippen LogP contribution in [0.5, 0.6) is 0 Å². The summed E-state index contributed by atoms with van der Waals surface area (Å²) in [5, 5.41) is 10.9. The van der Waals surface area contributed by atoms with E-state index < -0.39 is 5.60 Å². The molecule has 2 rings (SSSR count). The lowest BCUT2D eigenvalue weighted by molar-refractivity contribution is 0.0767. The van der Waals surface area contributed by atoms with Gasteiger partial charge in [-0.3, -0.25) is 0 Å². The quantitative estimate of drug-likeness (QED) is 0.847. The molecule has 1 atom stereocenters. The van der Waals surface area contributed by atoms with E-state index in [2.05, 4.69) is 0 Å². The van der Waals surface area contributed by atoms with E-state index in [1.807, 2.05) is 0 Å². The van der Waals surface area contributed by atoms with Crippen molar-refractivity contribution in [1.29, 1.82) is 0 Å². The first-order valence-corrected chi connectivity index (χ1v) is 5.01. The van der Waals surface area contributed by atoms with Gasteiger partial charge in [0.1, 0.15) is 11.4 Å². The Balaban J connectivity index is 2.41. The van der Waals surface area contributed by atoms with Gasteiger partial charge in [-0.2, -0.15) is 0 Å². The first-order chi connectivity index (χ1) is 7.10. The van der Waals surface area contributed by atoms with Crippen molar-refractivity contribution in [1.82, 2.24) is 0 Å². The molecule has 0 unspecified atom stereocenters. The third-order valence-corrected chi connectivity index (χ3v) is 2.66. The highest BCUT2D eigenvalue weighted by Gasteiger charge is 2.28. The SMILES string of the molecule is C[C@](O)(c1ccc(Cl)cc1)c1ccco1. The Hall–Kier alpha value is -1.25. The summed E-state index contributed by atoms with van der Waals surface area (Å²) in [6, 6.07) is 10.5. The standard InChI is InChI=1S/C12H11ClO2/c1-12(14,11-3-2-8-15-11)9-4-6-10(13)7-5-9/h2-8,14H,1H3/t12-/m0/s1. The molecular weight excluding hydrogens is 212 g/mol. The Morgan fingerprint density at radius 1 is 1.20 bits per heavy atom. The van der Waals surface area contributed by atoms with Gasteiger partial charge < -0.3 is 9.52 Å². The van der Waals surface area contributed by atoms with Gasteiger partial charge in [-0.05, 0) is 36.8 Å². The van der Waals surface area contributed by atoms with E-state index in [9.17, 15) is 5.11 Å². The number of furan rings is 1. The summed E-state index contributed by atoms with van der Waals surface area (Å²) in [7, 11) is 0. The van der Waals surface area contributed by atoms with Crippen LogP contribution in [-0.2, 0) is 5.60 Å². The molecule has 3 heteroatoms. The lowest BCUT2D eigenvalue weighted by Gasteiger charge is -2.21. The molecule has 1 heterocycles. The first-order valence-electron chi connectivity index (χ1n) is 4.63. The molecule has 0 aliphatic rings. The average Bonchev–Trinajstić information content (AvgIpc) is 2.71. The van der Waals surface area contributed by atoms with Crippen molar-refractivity contribution in [2.45, 2.75) is 12.5 Å². The Kier molecular flexibility index (Phi) is 2.55. The van der Waals surface area contributed by atoms with Crippen LogP contribution in [0.1, 0.15) is 18.2 Å². The molecule has 2 aromatic rings. The van der Waals surface area contributed by atoms with Crippen LogP contribution in [-0.4, -0.2) is 5.11 Å². The van der Waals surface area contributed by atoms with Crippen LogP contribution >= 0.6 is 11.6 Å². The molecule has 15 heavy (non-hydrogen) atoms. The van der Waals surface area contributed by atoms with Crippen LogP contribution < -0.4 is 0 Å². The molecule has 0 fully saturated rings. The largest absolute Gasteiger partial charge is 0.466 e. The molecule has 0 bridgehead atoms. The third kappa shape index (κ3) is 1.91. The fourth-order valence-electron chi connectivity index (χ4n) is 1.47. The van der Waals surface area contributed by atoms with Gasteiger partial charge in [0.2, 0.25) is 0 Å². The lowest BCUT2D eigenvalue weighted by Crippen LogP contribution is -2.21. The van der Waals surface area contributed by atoms with Gasteiger partial charge in [0.25, 0.3) is 0 Å². The summed E-state index contributed by atoms with van der Waals surface area (Å²) in [6.45, 7) is 1.69. The van der Waals surface area contributed by atoms with Gasteiger partial charge in [-0.25, -0.2) is 0 Å². The van der Waals surface area contributed by atoms with Crippen molar-refractivity contribution >= 4 is 11.6 Å². The summed E-state index contributed by atoms with van der Waals surface area (Å²) in [5.41, 5.74) is -0.365. The van der Waals surface area contributed by atoms with Gasteiger partial charge in [-0.1, -0.05) is 23.7 Å². The number of halogens is 1. The predicted molar refractivity (Wildman–Crippen MR) is 58.8 cm³/mol. The zero-order chi connectivity index (χ0) is 10.9. The van der Waals surface area contributed by atoms with E-state index in [1.54, 1.807) is 49.6 Å². The van der Waals surface area contributed by atoms with E-state index in [1.165, 1.54) is 0 Å². The molecule has 2 nitrogen and oxygen atoms in total. The maximum Gasteiger partial charge on any atom is 0.144 e. The molecule has 0 spiro atoms. The highest BCUT2D eigenvalue weighted by Crippen LogP contribution is 2.29. The molecule has 0 amide bonds. The molecule has 0 saturated heterocycles. The highest BCUT2D eigenvalue weighted by atomic mass is 35.5. The fraction of sp³-hybridized carbons (Fsp3) is 0.167. The molecule has 1 aromatic heterocycles. The topological polar surface area (TPSA) is 33.4 Å². The Labute approximate surface area is 93.1 Å². The van der Waals surface area contributed by atoms with Crippen molar-refractivity contribution in [2.75, 3.05) is 0 Å². The third-order valence-electron chi connectivity index (χ3n) is 2.41. The van der Waals surface area contributed by atoms with E-state index in [0.717, 1.165) is 5.56 Å². The second-order valence-electron chi connectivity index (χ2n) is 3.56. The summed E-state index contributed by atoms with van der Waals surface area (Å²) >= 11 is 5.78. The van der Waals surface area contributed by atoms with Gasteiger partial charge in [0, 0.05) is 5.02 Å². The number of hydrogen-bond donors (Lipinski definition) is 1. The maximum atomic E-state index is 10.3. The maximum absolute atomic E-state index is 10.3. The minimum atomic E-state index is -1.12. The number of hydrogen-bond acceptors (Lipinski definition) is 2. The molecule has 0 aliphatic heterocycles. The van der Waals surface area contributed by atoms with Gasteiger partial charge in [-0.15, -0.1) is 0 Å². The fourth-order valence-corrected chi connectivity index (χ4v) is 1.60. The zero-order valence-corrected chi connectivity index (χ0v) is 9.03. The minimum Gasteiger partial charge on any atom is -0.466 e. The summed E-state index contributed by atoms with van der Waals surface area (Å²) in [6.07, 6.45) is 1.54. The second-order valence-corrected chi connectivity index (χ2v) is 3.99. The van der Waals surface area contributed by atoms with Crippen LogP contribution in [0.4, 0.5) is 0 Å². The summed E-state index contributed by atoms with van der Waals surface area (Å²) in [5.74, 6) is 0.518. The van der Waals surface area contributed by atoms with Crippen molar-refractivity contribution in [2.24, 2.45) is 0 Å². The van der Waals surface area contributed by atoms with E-state index >= 15 is 0 Å². The Bertz CT molecular complexity index is 429. The van der Waals surface area contributed by atoms with Crippen molar-refractivity contribution in [3.8, 4) is 0 Å². The van der Waals surface area contributed by atoms with Gasteiger partial charge in [0.15, 0.2) is 0 Å². The lowest BCUT2D eigenvalue weighted by atomic mass is 9.93. The summed E-state index contributed by atoms with van der Waals surface area (Å²) < 4.78 is 5.20. The van der Waals surface area contributed by atoms with E-state index in [-0.39, 0.29) is 0 Å². The molecule has 0 saturated carbocycles. The molecule has 1 aromatic carbocycles. The van der Waals surface area contributed by atoms with Crippen molar-refractivity contribution in [3.05, 3.63) is 59.0 Å². The molecular formula is C12H11ClO2. The van der Waals surface area contributed by atoms with Crippen LogP contribution in [0.3, 0.4) is 0 Å². The monoisotopic (exact) mass is 222 g/mol. The van der Waals surface area contributed by atoms with E-state index in [4.69, 9.17) is 16.0 Å². The number of aliphatic hydroxyl groups is 1. The Morgan fingerprint density at radius 2 is 1.87 bits per heavy atom. The first kappa shape index (κ1) is 10.3. The van der Waals surface area contributed by atoms with Gasteiger partial charge in [0.05, 0.1) is 6.26 Å². The van der Waals surface area contributed by atoms with Crippen LogP contribution in [0.15, 0.2) is 47.1 Å². The predicted octanol–water partition coefficient (Wildman–Crippen LogP) is 3.19. The summed E-state index contributed by atoms with van der Waals surface area (Å²) in [4.78, 5) is 0. The second kappa shape index (κ2) is 3.72. The van der Waals surface area contributed by atoms with Crippen LogP contribution in [0, 0.1) is 0 Å². The molecule has 78 valence electrons. The van der Waals surface area contributed by atoms with Crippen molar-refractivity contribution in [3.63, 3.8) is 0 Å². The Morgan fingerprint density at radius 3 is 2.40 bits per heavy atom. The van der Waals surface area contributed by atoms with Crippen LogP contribution in [0.25, 0.3) is 0 Å². The normalized spacial score (nSPS) is 14.9. The zero-order valence-electron chi connectivity index (χ0n) is 8.27. The number of benzene rings is 1. The molecule has 0 radical (unpaired) electrons. The van der Waals surface area contributed by atoms with Crippen LogP contribution in [0.2, 0.25) is 5.02 Å². The molecule has 1 N–H and O–H groups in total. The molecule has 0 aliphatic carbocycles. The highest BCUT2D eigenvalue weighted by molar-refractivity contribution is 6.30. The van der Waals surface area contributed by atoms with Crippen molar-refractivity contribution < 1.29 is 9.52 Å².